The van der Waals surface area contributed by atoms with Gasteiger partial charge in [0.15, 0.2) is 0 Å². The Morgan fingerprint density at radius 3 is 1.00 bits per heavy atom. The van der Waals surface area contributed by atoms with E-state index in [2.05, 4.69) is 43.5 Å². The number of hydrogen-bond donors (Lipinski definition) is 3. The van der Waals surface area contributed by atoms with Crippen molar-refractivity contribution in [3.63, 3.8) is 0 Å². The number of allylic oxidation sites excluding steroid dienone is 5. The molecule has 0 aromatic rings. The Labute approximate surface area is 363 Å². The molecular weight excluding hydrogens is 711 g/mol. The van der Waals surface area contributed by atoms with Crippen LogP contribution in [0.15, 0.2) is 36.5 Å². The van der Waals surface area contributed by atoms with E-state index in [1.807, 2.05) is 6.08 Å². The third-order valence-electron chi connectivity index (χ3n) is 12.1. The number of aliphatic hydroxyl groups is 2. The number of carbonyl (C=O) groups excluding carboxylic acids is 1. The maximum absolute atomic E-state index is 12.4. The lowest BCUT2D eigenvalue weighted by Crippen LogP contribution is -2.45. The lowest BCUT2D eigenvalue weighted by atomic mass is 10.0. The summed E-state index contributed by atoms with van der Waals surface area (Å²) < 4.78 is 0. The molecule has 0 aromatic carbocycles. The maximum Gasteiger partial charge on any atom is 0.220 e. The molecule has 0 saturated heterocycles. The van der Waals surface area contributed by atoms with Crippen LogP contribution in [0.25, 0.3) is 0 Å². The lowest BCUT2D eigenvalue weighted by Gasteiger charge is -2.19. The van der Waals surface area contributed by atoms with E-state index in [-0.39, 0.29) is 12.5 Å². The van der Waals surface area contributed by atoms with Gasteiger partial charge in [0.1, 0.15) is 0 Å². The minimum atomic E-state index is -0.859. The second-order valence-electron chi connectivity index (χ2n) is 17.9. The average Bonchev–Trinajstić information content (AvgIpc) is 3.23. The monoisotopic (exact) mass is 814 g/mol. The first kappa shape index (κ1) is 56.6. The Morgan fingerprint density at radius 2 is 0.672 bits per heavy atom. The normalized spacial score (nSPS) is 13.1. The van der Waals surface area contributed by atoms with Gasteiger partial charge in [-0.05, 0) is 57.8 Å². The van der Waals surface area contributed by atoms with Crippen molar-refractivity contribution in [2.45, 2.75) is 296 Å². The molecule has 0 aliphatic rings. The topological polar surface area (TPSA) is 69.6 Å². The molecular formula is C54H103NO3. The van der Waals surface area contributed by atoms with E-state index in [1.165, 1.54) is 231 Å². The second kappa shape index (κ2) is 50.0. The van der Waals surface area contributed by atoms with Gasteiger partial charge >= 0.3 is 0 Å². The van der Waals surface area contributed by atoms with Crippen molar-refractivity contribution in [3.05, 3.63) is 36.5 Å². The van der Waals surface area contributed by atoms with Gasteiger partial charge in [-0.15, -0.1) is 0 Å². The van der Waals surface area contributed by atoms with Gasteiger partial charge in [0.05, 0.1) is 18.8 Å². The van der Waals surface area contributed by atoms with Crippen LogP contribution in [0.1, 0.15) is 284 Å². The fourth-order valence-corrected chi connectivity index (χ4v) is 8.07. The maximum atomic E-state index is 12.4. The van der Waals surface area contributed by atoms with Crippen LogP contribution in [-0.2, 0) is 4.79 Å². The number of unbranched alkanes of at least 4 members (excludes halogenated alkanes) is 37. The molecule has 342 valence electrons. The number of hydrogen-bond acceptors (Lipinski definition) is 3. The number of rotatable bonds is 48. The Hall–Kier alpha value is -1.39. The Kier molecular flexibility index (Phi) is 48.8. The van der Waals surface area contributed by atoms with Crippen molar-refractivity contribution in [2.24, 2.45) is 0 Å². The second-order valence-corrected chi connectivity index (χ2v) is 17.9. The fraction of sp³-hybridized carbons (Fsp3) is 0.870. The summed E-state index contributed by atoms with van der Waals surface area (Å²) in [5.74, 6) is -0.0722. The lowest BCUT2D eigenvalue weighted by molar-refractivity contribution is -0.123. The minimum absolute atomic E-state index is 0.0722. The molecule has 0 aromatic heterocycles. The molecule has 0 radical (unpaired) electrons. The molecule has 0 aliphatic heterocycles. The van der Waals surface area contributed by atoms with Crippen molar-refractivity contribution < 1.29 is 15.0 Å². The number of nitrogens with one attached hydrogen (secondary N) is 1. The van der Waals surface area contributed by atoms with E-state index in [1.54, 1.807) is 6.08 Å². The Morgan fingerprint density at radius 1 is 0.397 bits per heavy atom. The summed E-state index contributed by atoms with van der Waals surface area (Å²) >= 11 is 0. The van der Waals surface area contributed by atoms with Gasteiger partial charge in [0, 0.05) is 6.42 Å². The van der Waals surface area contributed by atoms with Crippen LogP contribution in [-0.4, -0.2) is 34.9 Å². The SMILES string of the molecule is CCCCCCC/C=C/CC/C=C/C(O)C(CO)NC(=O)CCCCCCCCCCCCCCCCCCC/C=C\CCCCCCCCCCCCCCCC. The molecule has 0 spiro atoms. The van der Waals surface area contributed by atoms with Crippen LogP contribution in [0.5, 0.6) is 0 Å². The molecule has 1 amide bonds. The summed E-state index contributed by atoms with van der Waals surface area (Å²) in [6.45, 7) is 4.29. The number of carbonyl (C=O) groups is 1. The molecule has 4 heteroatoms. The summed E-state index contributed by atoms with van der Waals surface area (Å²) in [7, 11) is 0. The van der Waals surface area contributed by atoms with Crippen LogP contribution >= 0.6 is 0 Å². The first-order valence-corrected chi connectivity index (χ1v) is 26.2. The first-order chi connectivity index (χ1) is 28.7. The molecule has 58 heavy (non-hydrogen) atoms. The molecule has 0 aliphatic carbocycles. The highest BCUT2D eigenvalue weighted by Crippen LogP contribution is 2.16. The van der Waals surface area contributed by atoms with E-state index in [9.17, 15) is 15.0 Å². The predicted octanol–water partition coefficient (Wildman–Crippen LogP) is 16.9. The average molecular weight is 814 g/mol. The number of aliphatic hydroxyl groups excluding tert-OH is 2. The van der Waals surface area contributed by atoms with Crippen LogP contribution in [0.3, 0.4) is 0 Å². The summed E-state index contributed by atoms with van der Waals surface area (Å²) in [6, 6.07) is -0.636. The van der Waals surface area contributed by atoms with Crippen LogP contribution < -0.4 is 5.32 Å². The van der Waals surface area contributed by atoms with Gasteiger partial charge in [-0.3, -0.25) is 4.79 Å². The quantitative estimate of drug-likeness (QED) is 0.0423. The van der Waals surface area contributed by atoms with Gasteiger partial charge in [0.25, 0.3) is 0 Å². The zero-order valence-electron chi connectivity index (χ0n) is 39.3. The molecule has 3 N–H and O–H groups in total. The van der Waals surface area contributed by atoms with Gasteiger partial charge in [-0.2, -0.15) is 0 Å². The van der Waals surface area contributed by atoms with Crippen molar-refractivity contribution in [2.75, 3.05) is 6.61 Å². The molecule has 2 atom stereocenters. The fourth-order valence-electron chi connectivity index (χ4n) is 8.07. The zero-order valence-corrected chi connectivity index (χ0v) is 39.3. The van der Waals surface area contributed by atoms with E-state index >= 15 is 0 Å². The molecule has 0 bridgehead atoms. The molecule has 0 fully saturated rings. The van der Waals surface area contributed by atoms with Gasteiger partial charge in [-0.25, -0.2) is 0 Å². The standard InChI is InChI=1S/C54H103NO3/c1-3-5-7-9-11-13-15-16-17-18-19-20-21-22-23-24-25-26-27-28-29-30-31-32-33-34-35-36-37-38-40-42-44-46-48-50-54(58)55-52(51-56)53(57)49-47-45-43-41-39-14-12-10-8-6-4-2/h24-25,39,41,47,49,52-53,56-57H,3-23,26-38,40,42-46,48,50-51H2,1-2H3,(H,55,58)/b25-24-,41-39+,49-47+. The highest BCUT2D eigenvalue weighted by molar-refractivity contribution is 5.76. The van der Waals surface area contributed by atoms with Gasteiger partial charge in [-0.1, -0.05) is 256 Å². The smallest absolute Gasteiger partial charge is 0.220 e. The van der Waals surface area contributed by atoms with E-state index < -0.39 is 12.1 Å². The Bertz CT molecular complexity index is 882. The number of amides is 1. The van der Waals surface area contributed by atoms with Crippen molar-refractivity contribution in [1.82, 2.24) is 5.32 Å². The zero-order chi connectivity index (χ0) is 42.1. The molecule has 0 rings (SSSR count). The van der Waals surface area contributed by atoms with Gasteiger partial charge in [0.2, 0.25) is 5.91 Å². The molecule has 4 nitrogen and oxygen atoms in total. The predicted molar refractivity (Wildman–Crippen MR) is 258 cm³/mol. The summed E-state index contributed by atoms with van der Waals surface area (Å²) in [5, 5.41) is 22.9. The Balaban J connectivity index is 3.40. The summed E-state index contributed by atoms with van der Waals surface area (Å²) in [4.78, 5) is 12.4. The summed E-state index contributed by atoms with van der Waals surface area (Å²) in [5.41, 5.74) is 0. The molecule has 0 heterocycles. The van der Waals surface area contributed by atoms with Crippen molar-refractivity contribution in [3.8, 4) is 0 Å². The van der Waals surface area contributed by atoms with Crippen molar-refractivity contribution >= 4 is 5.91 Å². The molecule has 0 saturated carbocycles. The molecule has 2 unspecified atom stereocenters. The first-order valence-electron chi connectivity index (χ1n) is 26.2. The highest BCUT2D eigenvalue weighted by Gasteiger charge is 2.17. The highest BCUT2D eigenvalue weighted by atomic mass is 16.3. The van der Waals surface area contributed by atoms with E-state index in [4.69, 9.17) is 0 Å². The summed E-state index contributed by atoms with van der Waals surface area (Å²) in [6.07, 6.45) is 67.4. The minimum Gasteiger partial charge on any atom is -0.394 e. The third-order valence-corrected chi connectivity index (χ3v) is 12.1. The van der Waals surface area contributed by atoms with Crippen LogP contribution in [0.2, 0.25) is 0 Å². The van der Waals surface area contributed by atoms with E-state index in [0.717, 1.165) is 32.1 Å². The van der Waals surface area contributed by atoms with Gasteiger partial charge < -0.3 is 15.5 Å². The van der Waals surface area contributed by atoms with Crippen LogP contribution in [0.4, 0.5) is 0 Å². The van der Waals surface area contributed by atoms with E-state index in [0.29, 0.717) is 6.42 Å². The largest absolute Gasteiger partial charge is 0.394 e. The van der Waals surface area contributed by atoms with Crippen LogP contribution in [0, 0.1) is 0 Å². The third kappa shape index (κ3) is 45.7. The van der Waals surface area contributed by atoms with Crippen molar-refractivity contribution in [1.29, 1.82) is 0 Å².